The monoisotopic (exact) mass is 535 g/mol. The zero-order valence-electron chi connectivity index (χ0n) is 21.1. The number of nitrogens with one attached hydrogen (secondary N) is 2. The lowest BCUT2D eigenvalue weighted by atomic mass is 9.95. The number of carbonyl (C=O) groups is 2. The Morgan fingerprint density at radius 1 is 1.08 bits per heavy atom. The molecular formula is C29H33N3O5S. The first kappa shape index (κ1) is 27.4. The summed E-state index contributed by atoms with van der Waals surface area (Å²) in [6, 6.07) is 16.7. The van der Waals surface area contributed by atoms with Crippen LogP contribution < -0.4 is 16.4 Å². The van der Waals surface area contributed by atoms with Gasteiger partial charge in [-0.05, 0) is 64.6 Å². The Labute approximate surface area is 226 Å². The molecule has 9 heteroatoms. The van der Waals surface area contributed by atoms with E-state index in [0.29, 0.717) is 50.2 Å². The number of hydrogen-bond acceptors (Lipinski definition) is 7. The molecule has 4 rings (SSSR count). The maximum atomic E-state index is 12.9. The van der Waals surface area contributed by atoms with Crippen molar-refractivity contribution in [3.8, 4) is 0 Å². The third-order valence-corrected chi connectivity index (χ3v) is 6.95. The van der Waals surface area contributed by atoms with E-state index in [0.717, 1.165) is 16.7 Å². The minimum Gasteiger partial charge on any atom is -0.459 e. The van der Waals surface area contributed by atoms with E-state index in [9.17, 15) is 14.7 Å². The third kappa shape index (κ3) is 7.92. The van der Waals surface area contributed by atoms with Gasteiger partial charge in [0.1, 0.15) is 0 Å². The van der Waals surface area contributed by atoms with E-state index in [-0.39, 0.29) is 30.1 Å². The average molecular weight is 536 g/mol. The number of nitrogens with two attached hydrogens (primary N) is 1. The Balaban J connectivity index is 1.25. The lowest BCUT2D eigenvalue weighted by molar-refractivity contribution is -0.150. The Kier molecular flexibility index (Phi) is 9.91. The highest BCUT2D eigenvalue weighted by Crippen LogP contribution is 2.33. The largest absolute Gasteiger partial charge is 0.459 e. The van der Waals surface area contributed by atoms with Crippen LogP contribution in [0.25, 0.3) is 0 Å². The Morgan fingerprint density at radius 2 is 1.87 bits per heavy atom. The Hall–Kier alpha value is -3.66. The van der Waals surface area contributed by atoms with Gasteiger partial charge in [0.15, 0.2) is 5.76 Å². The molecular weight excluding hydrogens is 502 g/mol. The first-order valence-electron chi connectivity index (χ1n) is 12.6. The van der Waals surface area contributed by atoms with Crippen molar-refractivity contribution in [1.82, 2.24) is 5.32 Å². The molecule has 0 aliphatic carbocycles. The van der Waals surface area contributed by atoms with Gasteiger partial charge in [0, 0.05) is 25.3 Å². The first-order chi connectivity index (χ1) is 18.5. The van der Waals surface area contributed by atoms with E-state index in [1.165, 1.54) is 0 Å². The van der Waals surface area contributed by atoms with Crippen LogP contribution in [-0.4, -0.2) is 29.8 Å². The molecule has 0 radical (unpaired) electrons. The van der Waals surface area contributed by atoms with Crippen LogP contribution in [0.5, 0.6) is 0 Å². The third-order valence-electron chi connectivity index (χ3n) is 6.24. The SMILES string of the molecule is Nc1ccccc1NC(=O)CCCCNC(=O)C1=C[C@@H](c2ccsc2)C[C@@H](OCc2ccc(CO)cc2)O1. The zero-order valence-corrected chi connectivity index (χ0v) is 21.9. The van der Waals surface area contributed by atoms with Gasteiger partial charge in [-0.2, -0.15) is 11.3 Å². The van der Waals surface area contributed by atoms with Crippen molar-refractivity contribution >= 4 is 34.5 Å². The lowest BCUT2D eigenvalue weighted by Gasteiger charge is -2.29. The zero-order chi connectivity index (χ0) is 26.7. The number of rotatable bonds is 12. The fraction of sp³-hybridized carbons (Fsp3) is 0.310. The van der Waals surface area contributed by atoms with Crippen molar-refractivity contribution in [3.63, 3.8) is 0 Å². The summed E-state index contributed by atoms with van der Waals surface area (Å²) in [5, 5.41) is 19.0. The van der Waals surface area contributed by atoms with Crippen LogP contribution in [0.3, 0.4) is 0 Å². The molecule has 0 spiro atoms. The number of nitrogen functional groups attached to an aromatic ring is 1. The molecule has 38 heavy (non-hydrogen) atoms. The molecule has 0 saturated heterocycles. The minimum atomic E-state index is -0.572. The van der Waals surface area contributed by atoms with Crippen LogP contribution in [-0.2, 0) is 32.3 Å². The number of aliphatic hydroxyl groups excluding tert-OH is 1. The molecule has 8 nitrogen and oxygen atoms in total. The normalized spacial score (nSPS) is 16.8. The number of hydrogen-bond donors (Lipinski definition) is 4. The molecule has 0 fully saturated rings. The highest BCUT2D eigenvalue weighted by atomic mass is 32.1. The number of ether oxygens (including phenoxy) is 2. The molecule has 0 unspecified atom stereocenters. The second kappa shape index (κ2) is 13.8. The number of thiophene rings is 1. The fourth-order valence-electron chi connectivity index (χ4n) is 4.09. The second-order valence-corrected chi connectivity index (χ2v) is 9.89. The number of carbonyl (C=O) groups excluding carboxylic acids is 2. The summed E-state index contributed by atoms with van der Waals surface area (Å²) in [7, 11) is 0. The lowest BCUT2D eigenvalue weighted by Crippen LogP contribution is -2.33. The van der Waals surface area contributed by atoms with Crippen molar-refractivity contribution in [3.05, 3.63) is 93.9 Å². The molecule has 3 aromatic rings. The number of amides is 2. The number of para-hydroxylation sites is 2. The summed E-state index contributed by atoms with van der Waals surface area (Å²) in [4.78, 5) is 25.1. The molecule has 2 heterocycles. The Bertz CT molecular complexity index is 1230. The smallest absolute Gasteiger partial charge is 0.286 e. The maximum Gasteiger partial charge on any atom is 0.286 e. The van der Waals surface area contributed by atoms with Gasteiger partial charge in [0.2, 0.25) is 12.2 Å². The van der Waals surface area contributed by atoms with E-state index in [4.69, 9.17) is 15.2 Å². The van der Waals surface area contributed by atoms with Crippen LogP contribution in [0.1, 0.15) is 48.3 Å². The van der Waals surface area contributed by atoms with Gasteiger partial charge in [0.05, 0.1) is 24.6 Å². The highest BCUT2D eigenvalue weighted by molar-refractivity contribution is 7.08. The summed E-state index contributed by atoms with van der Waals surface area (Å²) >= 11 is 1.61. The minimum absolute atomic E-state index is 0.00549. The van der Waals surface area contributed by atoms with Gasteiger partial charge < -0.3 is 30.9 Å². The average Bonchev–Trinajstić information content (AvgIpc) is 3.48. The highest BCUT2D eigenvalue weighted by Gasteiger charge is 2.29. The molecule has 0 bridgehead atoms. The van der Waals surface area contributed by atoms with Gasteiger partial charge >= 0.3 is 0 Å². The van der Waals surface area contributed by atoms with E-state index in [2.05, 4.69) is 16.0 Å². The topological polar surface area (TPSA) is 123 Å². The summed E-state index contributed by atoms with van der Waals surface area (Å²) < 4.78 is 12.0. The fourth-order valence-corrected chi connectivity index (χ4v) is 4.81. The van der Waals surface area contributed by atoms with E-state index in [1.807, 2.05) is 53.9 Å². The van der Waals surface area contributed by atoms with Crippen LogP contribution in [0.15, 0.2) is 77.2 Å². The molecule has 5 N–H and O–H groups in total. The standard InChI is InChI=1S/C29H33N3O5S/c30-24-5-1-2-6-25(24)32-27(34)7-3-4-13-31-29(35)26-15-23(22-12-14-38-19-22)16-28(37-26)36-18-21-10-8-20(17-33)9-11-21/h1-2,5-6,8-12,14-15,19,23,28,33H,3-4,7,13,16-18,30H2,(H,31,35)(H,32,34)/t23-,28+/m1/s1. The van der Waals surface area contributed by atoms with E-state index in [1.54, 1.807) is 23.5 Å². The first-order valence-corrected chi connectivity index (χ1v) is 13.6. The predicted octanol–water partition coefficient (Wildman–Crippen LogP) is 4.68. The van der Waals surface area contributed by atoms with Crippen LogP contribution in [0, 0.1) is 0 Å². The van der Waals surface area contributed by atoms with Crippen LogP contribution in [0.4, 0.5) is 11.4 Å². The van der Waals surface area contributed by atoms with Crippen molar-refractivity contribution in [2.24, 2.45) is 0 Å². The van der Waals surface area contributed by atoms with Crippen LogP contribution in [0.2, 0.25) is 0 Å². The summed E-state index contributed by atoms with van der Waals surface area (Å²) in [5.74, 6) is -0.165. The van der Waals surface area contributed by atoms with E-state index < -0.39 is 6.29 Å². The molecule has 0 saturated carbocycles. The second-order valence-electron chi connectivity index (χ2n) is 9.11. The number of aliphatic hydroxyl groups is 1. The number of allylic oxidation sites excluding steroid dienone is 1. The Morgan fingerprint density at radius 3 is 2.61 bits per heavy atom. The summed E-state index contributed by atoms with van der Waals surface area (Å²) in [5.41, 5.74) is 9.90. The van der Waals surface area contributed by atoms with Gasteiger partial charge in [-0.1, -0.05) is 36.4 Å². The molecule has 200 valence electrons. The van der Waals surface area contributed by atoms with Crippen molar-refractivity contribution in [1.29, 1.82) is 0 Å². The van der Waals surface area contributed by atoms with Crippen LogP contribution >= 0.6 is 11.3 Å². The molecule has 2 amide bonds. The van der Waals surface area contributed by atoms with Gasteiger partial charge in [-0.3, -0.25) is 9.59 Å². The molecule has 1 aliphatic rings. The summed E-state index contributed by atoms with van der Waals surface area (Å²) in [6.45, 7) is 0.749. The summed E-state index contributed by atoms with van der Waals surface area (Å²) in [6.07, 6.45) is 3.48. The number of anilines is 2. The van der Waals surface area contributed by atoms with Crippen molar-refractivity contribution in [2.45, 2.75) is 51.1 Å². The van der Waals surface area contributed by atoms with Gasteiger partial charge in [0.25, 0.3) is 5.91 Å². The quantitative estimate of drug-likeness (QED) is 0.197. The molecule has 2 aromatic carbocycles. The molecule has 1 aromatic heterocycles. The predicted molar refractivity (Wildman–Crippen MR) is 148 cm³/mol. The van der Waals surface area contributed by atoms with Crippen molar-refractivity contribution in [2.75, 3.05) is 17.6 Å². The number of benzene rings is 2. The molecule has 1 aliphatic heterocycles. The van der Waals surface area contributed by atoms with Crippen molar-refractivity contribution < 1.29 is 24.2 Å². The maximum absolute atomic E-state index is 12.9. The molecule has 2 atom stereocenters. The van der Waals surface area contributed by atoms with Gasteiger partial charge in [-0.15, -0.1) is 0 Å². The van der Waals surface area contributed by atoms with Gasteiger partial charge in [-0.25, -0.2) is 0 Å². The van der Waals surface area contributed by atoms with E-state index >= 15 is 0 Å². The number of unbranched alkanes of at least 4 members (excludes halogenated alkanes) is 1.